The van der Waals surface area contributed by atoms with E-state index >= 15 is 0 Å². The van der Waals surface area contributed by atoms with E-state index in [1.165, 1.54) is 5.69 Å². The first-order chi connectivity index (χ1) is 8.70. The molecule has 1 saturated heterocycles. The van der Waals surface area contributed by atoms with Gasteiger partial charge in [-0.3, -0.25) is 0 Å². The number of hydrogen-bond donors (Lipinski definition) is 1. The van der Waals surface area contributed by atoms with E-state index in [-0.39, 0.29) is 6.03 Å². The second-order valence-corrected chi connectivity index (χ2v) is 5.21. The van der Waals surface area contributed by atoms with E-state index in [2.05, 4.69) is 38.3 Å². The standard InChI is InChI=1S/C13H18BrN3O/c1-2-15-13(18)17-8-6-16(7-9-17)12-5-3-4-11(14)10-12/h3-5,10H,2,6-9H2,1H3,(H,15,18). The number of hydrogen-bond acceptors (Lipinski definition) is 2. The maximum Gasteiger partial charge on any atom is 0.317 e. The van der Waals surface area contributed by atoms with E-state index < -0.39 is 0 Å². The molecule has 1 aliphatic rings. The van der Waals surface area contributed by atoms with Crippen molar-refractivity contribution < 1.29 is 4.79 Å². The van der Waals surface area contributed by atoms with E-state index in [0.29, 0.717) is 6.54 Å². The molecule has 0 radical (unpaired) electrons. The minimum atomic E-state index is 0.0476. The summed E-state index contributed by atoms with van der Waals surface area (Å²) < 4.78 is 1.09. The molecule has 1 fully saturated rings. The molecule has 98 valence electrons. The van der Waals surface area contributed by atoms with Gasteiger partial charge in [0.25, 0.3) is 0 Å². The molecular formula is C13H18BrN3O. The van der Waals surface area contributed by atoms with Crippen molar-refractivity contribution in [3.63, 3.8) is 0 Å². The number of rotatable bonds is 2. The molecule has 0 spiro atoms. The van der Waals surface area contributed by atoms with Crippen LogP contribution in [0.4, 0.5) is 10.5 Å². The SMILES string of the molecule is CCNC(=O)N1CCN(c2cccc(Br)c2)CC1. The van der Waals surface area contributed by atoms with Gasteiger partial charge >= 0.3 is 6.03 Å². The summed E-state index contributed by atoms with van der Waals surface area (Å²) in [5.74, 6) is 0. The Morgan fingerprint density at radius 3 is 2.67 bits per heavy atom. The summed E-state index contributed by atoms with van der Waals surface area (Å²) in [4.78, 5) is 15.9. The molecule has 2 rings (SSSR count). The molecule has 1 aromatic carbocycles. The molecule has 4 nitrogen and oxygen atoms in total. The highest BCUT2D eigenvalue weighted by Gasteiger charge is 2.20. The fourth-order valence-electron chi connectivity index (χ4n) is 2.10. The maximum atomic E-state index is 11.7. The molecule has 0 atom stereocenters. The maximum absolute atomic E-state index is 11.7. The highest BCUT2D eigenvalue weighted by molar-refractivity contribution is 9.10. The summed E-state index contributed by atoms with van der Waals surface area (Å²) in [6, 6.07) is 8.32. The zero-order valence-corrected chi connectivity index (χ0v) is 12.1. The lowest BCUT2D eigenvalue weighted by atomic mass is 10.2. The van der Waals surface area contributed by atoms with Crippen LogP contribution in [0, 0.1) is 0 Å². The minimum Gasteiger partial charge on any atom is -0.368 e. The number of urea groups is 1. The average Bonchev–Trinajstić information content (AvgIpc) is 2.39. The summed E-state index contributed by atoms with van der Waals surface area (Å²) in [7, 11) is 0. The number of carbonyl (C=O) groups is 1. The van der Waals surface area contributed by atoms with Crippen LogP contribution >= 0.6 is 15.9 Å². The number of nitrogens with one attached hydrogen (secondary N) is 1. The zero-order chi connectivity index (χ0) is 13.0. The van der Waals surface area contributed by atoms with Crippen molar-refractivity contribution in [1.29, 1.82) is 0 Å². The number of amides is 2. The third kappa shape index (κ3) is 3.16. The van der Waals surface area contributed by atoms with Gasteiger partial charge in [-0.05, 0) is 25.1 Å². The zero-order valence-electron chi connectivity index (χ0n) is 10.5. The molecule has 0 aliphatic carbocycles. The molecule has 1 aromatic rings. The molecule has 0 unspecified atom stereocenters. The van der Waals surface area contributed by atoms with E-state index in [9.17, 15) is 4.79 Å². The first kappa shape index (κ1) is 13.2. The van der Waals surface area contributed by atoms with Crippen molar-refractivity contribution in [3.8, 4) is 0 Å². The summed E-state index contributed by atoms with van der Waals surface area (Å²) in [6.07, 6.45) is 0. The number of benzene rings is 1. The van der Waals surface area contributed by atoms with Crippen molar-refractivity contribution >= 4 is 27.6 Å². The van der Waals surface area contributed by atoms with Crippen LogP contribution in [0.25, 0.3) is 0 Å². The van der Waals surface area contributed by atoms with Crippen LogP contribution in [0.2, 0.25) is 0 Å². The topological polar surface area (TPSA) is 35.6 Å². The molecule has 1 aliphatic heterocycles. The van der Waals surface area contributed by atoms with Gasteiger partial charge in [0.1, 0.15) is 0 Å². The largest absolute Gasteiger partial charge is 0.368 e. The third-order valence-corrected chi connectivity index (χ3v) is 3.56. The first-order valence-electron chi connectivity index (χ1n) is 6.24. The molecule has 0 saturated carbocycles. The fraction of sp³-hybridized carbons (Fsp3) is 0.462. The number of piperazine rings is 1. The van der Waals surface area contributed by atoms with E-state index in [0.717, 1.165) is 30.7 Å². The second kappa shape index (κ2) is 6.09. The highest BCUT2D eigenvalue weighted by Crippen LogP contribution is 2.21. The highest BCUT2D eigenvalue weighted by atomic mass is 79.9. The van der Waals surface area contributed by atoms with Gasteiger partial charge in [0.15, 0.2) is 0 Å². The van der Waals surface area contributed by atoms with Crippen LogP contribution < -0.4 is 10.2 Å². The molecule has 1 N–H and O–H groups in total. The molecule has 1 heterocycles. The normalized spacial score (nSPS) is 15.7. The quantitative estimate of drug-likeness (QED) is 0.909. The van der Waals surface area contributed by atoms with Crippen molar-refractivity contribution in [1.82, 2.24) is 10.2 Å². The van der Waals surface area contributed by atoms with Gasteiger partial charge < -0.3 is 15.1 Å². The predicted octanol–water partition coefficient (Wildman–Crippen LogP) is 2.30. The molecule has 0 aromatic heterocycles. The second-order valence-electron chi connectivity index (χ2n) is 4.29. The predicted molar refractivity (Wildman–Crippen MR) is 77.0 cm³/mol. The van der Waals surface area contributed by atoms with Crippen LogP contribution in [0.3, 0.4) is 0 Å². The van der Waals surface area contributed by atoms with Crippen molar-refractivity contribution in [2.75, 3.05) is 37.6 Å². The van der Waals surface area contributed by atoms with Crippen LogP contribution in [0.15, 0.2) is 28.7 Å². The first-order valence-corrected chi connectivity index (χ1v) is 7.03. The monoisotopic (exact) mass is 311 g/mol. The number of anilines is 1. The molecule has 18 heavy (non-hydrogen) atoms. The number of carbonyl (C=O) groups excluding carboxylic acids is 1. The van der Waals surface area contributed by atoms with Crippen molar-refractivity contribution in [2.24, 2.45) is 0 Å². The average molecular weight is 312 g/mol. The lowest BCUT2D eigenvalue weighted by Crippen LogP contribution is -2.51. The third-order valence-electron chi connectivity index (χ3n) is 3.07. The van der Waals surface area contributed by atoms with Crippen LogP contribution in [-0.4, -0.2) is 43.7 Å². The van der Waals surface area contributed by atoms with E-state index in [4.69, 9.17) is 0 Å². The van der Waals surface area contributed by atoms with Crippen molar-refractivity contribution in [2.45, 2.75) is 6.92 Å². The summed E-state index contributed by atoms with van der Waals surface area (Å²) in [6.45, 7) is 5.94. The number of nitrogens with zero attached hydrogens (tertiary/aromatic N) is 2. The Bertz CT molecular complexity index is 416. The van der Waals surface area contributed by atoms with Crippen LogP contribution in [-0.2, 0) is 0 Å². The van der Waals surface area contributed by atoms with Gasteiger partial charge in [-0.1, -0.05) is 22.0 Å². The Hall–Kier alpha value is -1.23. The van der Waals surface area contributed by atoms with Gasteiger partial charge in [-0.25, -0.2) is 4.79 Å². The Labute approximate surface area is 116 Å². The minimum absolute atomic E-state index is 0.0476. The van der Waals surface area contributed by atoms with Crippen LogP contribution in [0.1, 0.15) is 6.92 Å². The Morgan fingerprint density at radius 1 is 1.33 bits per heavy atom. The summed E-state index contributed by atoms with van der Waals surface area (Å²) >= 11 is 3.48. The summed E-state index contributed by atoms with van der Waals surface area (Å²) in [5.41, 5.74) is 1.21. The number of halogens is 1. The van der Waals surface area contributed by atoms with Crippen molar-refractivity contribution in [3.05, 3.63) is 28.7 Å². The van der Waals surface area contributed by atoms with Crippen LogP contribution in [0.5, 0.6) is 0 Å². The van der Waals surface area contributed by atoms with E-state index in [1.54, 1.807) is 0 Å². The van der Waals surface area contributed by atoms with Gasteiger partial charge in [-0.2, -0.15) is 0 Å². The van der Waals surface area contributed by atoms with Gasteiger partial charge in [-0.15, -0.1) is 0 Å². The van der Waals surface area contributed by atoms with Gasteiger partial charge in [0.2, 0.25) is 0 Å². The lowest BCUT2D eigenvalue weighted by molar-refractivity contribution is 0.195. The summed E-state index contributed by atoms with van der Waals surface area (Å²) in [5, 5.41) is 2.84. The molecule has 2 amide bonds. The Morgan fingerprint density at radius 2 is 2.06 bits per heavy atom. The fourth-order valence-corrected chi connectivity index (χ4v) is 2.49. The van der Waals surface area contributed by atoms with Gasteiger partial charge in [0, 0.05) is 42.9 Å². The Kier molecular flexibility index (Phi) is 4.47. The van der Waals surface area contributed by atoms with Gasteiger partial charge in [0.05, 0.1) is 0 Å². The van der Waals surface area contributed by atoms with E-state index in [1.807, 2.05) is 24.0 Å². The molecule has 0 bridgehead atoms. The molecular weight excluding hydrogens is 294 g/mol. The molecule has 5 heteroatoms. The lowest BCUT2D eigenvalue weighted by Gasteiger charge is -2.36. The smallest absolute Gasteiger partial charge is 0.317 e. The Balaban J connectivity index is 1.92.